The molecule has 2 atom stereocenters. The third-order valence-corrected chi connectivity index (χ3v) is 3.64. The van der Waals surface area contributed by atoms with Gasteiger partial charge in [0.1, 0.15) is 0 Å². The molecule has 0 aromatic carbocycles. The maximum atomic E-state index is 8.88. The van der Waals surface area contributed by atoms with Crippen LogP contribution in [0.3, 0.4) is 0 Å². The molecule has 1 saturated carbocycles. The van der Waals surface area contributed by atoms with Crippen molar-refractivity contribution >= 4 is 0 Å². The van der Waals surface area contributed by atoms with E-state index in [1.807, 2.05) is 0 Å². The molecule has 16 heavy (non-hydrogen) atoms. The van der Waals surface area contributed by atoms with E-state index in [0.29, 0.717) is 6.10 Å². The van der Waals surface area contributed by atoms with Crippen molar-refractivity contribution in [2.75, 3.05) is 32.8 Å². The van der Waals surface area contributed by atoms with E-state index in [9.17, 15) is 0 Å². The van der Waals surface area contributed by atoms with Gasteiger partial charge in [-0.2, -0.15) is 0 Å². The molecule has 1 fully saturated rings. The zero-order chi connectivity index (χ0) is 11.8. The number of rotatable bonds is 7. The second-order valence-corrected chi connectivity index (χ2v) is 4.83. The molecule has 0 saturated heterocycles. The highest BCUT2D eigenvalue weighted by atomic mass is 16.5. The van der Waals surface area contributed by atoms with Crippen molar-refractivity contribution in [3.05, 3.63) is 0 Å². The van der Waals surface area contributed by atoms with Crippen molar-refractivity contribution in [3.63, 3.8) is 0 Å². The summed E-state index contributed by atoms with van der Waals surface area (Å²) in [4.78, 5) is 2.23. The molecule has 0 aromatic rings. The van der Waals surface area contributed by atoms with Gasteiger partial charge in [0.2, 0.25) is 0 Å². The fraction of sp³-hybridized carbons (Fsp3) is 1.00. The summed E-state index contributed by atoms with van der Waals surface area (Å²) in [5, 5.41) is 8.88. The Labute approximate surface area is 99.8 Å². The van der Waals surface area contributed by atoms with Gasteiger partial charge in [0.05, 0.1) is 19.3 Å². The highest BCUT2D eigenvalue weighted by Crippen LogP contribution is 2.26. The Bertz CT molecular complexity index is 175. The molecular formula is C13H27NO2. The molecule has 1 rings (SSSR count). The Morgan fingerprint density at radius 1 is 1.25 bits per heavy atom. The number of aliphatic hydroxyl groups excluding tert-OH is 1. The second kappa shape index (κ2) is 8.04. The minimum Gasteiger partial charge on any atom is -0.395 e. The van der Waals surface area contributed by atoms with Crippen molar-refractivity contribution in [1.29, 1.82) is 0 Å². The first-order valence-electron chi connectivity index (χ1n) is 6.72. The van der Waals surface area contributed by atoms with E-state index in [1.54, 1.807) is 0 Å². The van der Waals surface area contributed by atoms with E-state index >= 15 is 0 Å². The number of aliphatic hydroxyl groups is 1. The number of ether oxygens (including phenoxy) is 1. The van der Waals surface area contributed by atoms with Gasteiger partial charge in [-0.3, -0.25) is 4.90 Å². The van der Waals surface area contributed by atoms with Crippen LogP contribution in [0.5, 0.6) is 0 Å². The van der Waals surface area contributed by atoms with Crippen molar-refractivity contribution in [3.8, 4) is 0 Å². The number of hydrogen-bond acceptors (Lipinski definition) is 3. The number of nitrogens with zero attached hydrogens (tertiary/aromatic N) is 1. The van der Waals surface area contributed by atoms with Crippen LogP contribution in [-0.4, -0.2) is 49.0 Å². The van der Waals surface area contributed by atoms with Crippen molar-refractivity contribution in [2.45, 2.75) is 45.6 Å². The first kappa shape index (κ1) is 13.9. The molecule has 2 unspecified atom stereocenters. The van der Waals surface area contributed by atoms with E-state index in [4.69, 9.17) is 9.84 Å². The molecule has 1 aliphatic rings. The quantitative estimate of drug-likeness (QED) is 0.723. The van der Waals surface area contributed by atoms with Crippen LogP contribution in [0.4, 0.5) is 0 Å². The van der Waals surface area contributed by atoms with E-state index in [0.717, 1.165) is 32.2 Å². The Hall–Kier alpha value is -0.120. The Morgan fingerprint density at radius 3 is 2.62 bits per heavy atom. The Balaban J connectivity index is 2.13. The van der Waals surface area contributed by atoms with Crippen LogP contribution in [0.25, 0.3) is 0 Å². The molecule has 0 amide bonds. The molecule has 1 N–H and O–H groups in total. The minimum atomic E-state index is 0.244. The summed E-state index contributed by atoms with van der Waals surface area (Å²) in [5.74, 6) is 0.724. The predicted molar refractivity (Wildman–Crippen MR) is 66.6 cm³/mol. The number of likely N-dealkylation sites (N-methyl/N-ethyl adjacent to an activating group) is 1. The SMILES string of the molecule is CCN(CCO)CCOC1CCCCC1C. The lowest BCUT2D eigenvalue weighted by Crippen LogP contribution is -2.33. The topological polar surface area (TPSA) is 32.7 Å². The molecular weight excluding hydrogens is 202 g/mol. The summed E-state index contributed by atoms with van der Waals surface area (Å²) in [6, 6.07) is 0. The average molecular weight is 229 g/mol. The van der Waals surface area contributed by atoms with Crippen LogP contribution in [0.1, 0.15) is 39.5 Å². The van der Waals surface area contributed by atoms with Crippen molar-refractivity contribution in [2.24, 2.45) is 5.92 Å². The molecule has 96 valence electrons. The van der Waals surface area contributed by atoms with E-state index in [-0.39, 0.29) is 6.61 Å². The van der Waals surface area contributed by atoms with Crippen LogP contribution < -0.4 is 0 Å². The first-order chi connectivity index (χ1) is 7.77. The van der Waals surface area contributed by atoms with Gasteiger partial charge in [0.15, 0.2) is 0 Å². The highest BCUT2D eigenvalue weighted by molar-refractivity contribution is 4.72. The van der Waals surface area contributed by atoms with Crippen LogP contribution in [-0.2, 0) is 4.74 Å². The Kier molecular flexibility index (Phi) is 7.01. The maximum absolute atomic E-state index is 8.88. The molecule has 0 heterocycles. The molecule has 3 heteroatoms. The summed E-state index contributed by atoms with van der Waals surface area (Å²) < 4.78 is 5.95. The average Bonchev–Trinajstić information content (AvgIpc) is 2.30. The van der Waals surface area contributed by atoms with Crippen molar-refractivity contribution < 1.29 is 9.84 Å². The highest BCUT2D eigenvalue weighted by Gasteiger charge is 2.21. The summed E-state index contributed by atoms with van der Waals surface area (Å²) >= 11 is 0. The summed E-state index contributed by atoms with van der Waals surface area (Å²) in [7, 11) is 0. The fourth-order valence-electron chi connectivity index (χ4n) is 2.43. The van der Waals surface area contributed by atoms with Gasteiger partial charge in [-0.1, -0.05) is 26.7 Å². The third-order valence-electron chi connectivity index (χ3n) is 3.64. The number of hydrogen-bond donors (Lipinski definition) is 1. The molecule has 0 aliphatic heterocycles. The van der Waals surface area contributed by atoms with E-state index in [1.165, 1.54) is 25.7 Å². The monoisotopic (exact) mass is 229 g/mol. The maximum Gasteiger partial charge on any atom is 0.0601 e. The zero-order valence-electron chi connectivity index (χ0n) is 10.8. The van der Waals surface area contributed by atoms with E-state index in [2.05, 4.69) is 18.7 Å². The lowest BCUT2D eigenvalue weighted by Gasteiger charge is -2.29. The Morgan fingerprint density at radius 2 is 2.00 bits per heavy atom. The standard InChI is InChI=1S/C13H27NO2/c1-3-14(8-10-15)9-11-16-13-7-5-4-6-12(13)2/h12-13,15H,3-11H2,1-2H3. The minimum absolute atomic E-state index is 0.244. The molecule has 0 radical (unpaired) electrons. The molecule has 3 nitrogen and oxygen atoms in total. The molecule has 1 aliphatic carbocycles. The third kappa shape index (κ3) is 4.81. The van der Waals surface area contributed by atoms with Crippen LogP contribution in [0, 0.1) is 5.92 Å². The summed E-state index contributed by atoms with van der Waals surface area (Å²) in [6.07, 6.45) is 5.71. The smallest absolute Gasteiger partial charge is 0.0601 e. The zero-order valence-corrected chi connectivity index (χ0v) is 10.8. The van der Waals surface area contributed by atoms with Crippen LogP contribution >= 0.6 is 0 Å². The van der Waals surface area contributed by atoms with Gasteiger partial charge in [0, 0.05) is 13.1 Å². The fourth-order valence-corrected chi connectivity index (χ4v) is 2.43. The van der Waals surface area contributed by atoms with E-state index < -0.39 is 0 Å². The van der Waals surface area contributed by atoms with Gasteiger partial charge in [-0.15, -0.1) is 0 Å². The summed E-state index contributed by atoms with van der Waals surface area (Å²) in [6.45, 7) is 8.18. The molecule has 0 aromatic heterocycles. The summed E-state index contributed by atoms with van der Waals surface area (Å²) in [5.41, 5.74) is 0. The van der Waals surface area contributed by atoms with Gasteiger partial charge >= 0.3 is 0 Å². The molecule has 0 bridgehead atoms. The van der Waals surface area contributed by atoms with Crippen molar-refractivity contribution in [1.82, 2.24) is 4.90 Å². The van der Waals surface area contributed by atoms with Gasteiger partial charge in [-0.05, 0) is 25.3 Å². The largest absolute Gasteiger partial charge is 0.395 e. The molecule has 0 spiro atoms. The van der Waals surface area contributed by atoms with Crippen LogP contribution in [0.2, 0.25) is 0 Å². The lowest BCUT2D eigenvalue weighted by molar-refractivity contribution is -0.0144. The normalized spacial score (nSPS) is 26.2. The predicted octanol–water partition coefficient (Wildman–Crippen LogP) is 1.90. The van der Waals surface area contributed by atoms with Gasteiger partial charge in [0.25, 0.3) is 0 Å². The second-order valence-electron chi connectivity index (χ2n) is 4.83. The lowest BCUT2D eigenvalue weighted by atomic mass is 9.88. The van der Waals surface area contributed by atoms with Gasteiger partial charge in [-0.25, -0.2) is 0 Å². The first-order valence-corrected chi connectivity index (χ1v) is 6.72. The van der Waals surface area contributed by atoms with Crippen LogP contribution in [0.15, 0.2) is 0 Å². The van der Waals surface area contributed by atoms with Gasteiger partial charge < -0.3 is 9.84 Å².